The number of rotatable bonds is 2. The zero-order valence-corrected chi connectivity index (χ0v) is 9.40. The summed E-state index contributed by atoms with van der Waals surface area (Å²) in [6, 6.07) is 2.07. The molecule has 2 N–H and O–H groups in total. The fraction of sp³-hybridized carbons (Fsp3) is 0.364. The van der Waals surface area contributed by atoms with Crippen molar-refractivity contribution in [1.29, 1.82) is 0 Å². The number of H-pyrrole nitrogens is 1. The van der Waals surface area contributed by atoms with Gasteiger partial charge in [0.25, 0.3) is 0 Å². The first kappa shape index (κ1) is 9.12. The van der Waals surface area contributed by atoms with Crippen molar-refractivity contribution < 1.29 is 0 Å². The molecule has 1 fully saturated rings. The third-order valence-electron chi connectivity index (χ3n) is 2.83. The van der Waals surface area contributed by atoms with Crippen molar-refractivity contribution in [3.8, 4) is 10.6 Å². The zero-order chi connectivity index (χ0) is 10.3. The van der Waals surface area contributed by atoms with Crippen molar-refractivity contribution >= 4 is 11.3 Å². The molecule has 0 saturated carbocycles. The van der Waals surface area contributed by atoms with E-state index < -0.39 is 0 Å². The van der Waals surface area contributed by atoms with Gasteiger partial charge >= 0.3 is 0 Å². The van der Waals surface area contributed by atoms with E-state index in [0.717, 1.165) is 18.1 Å². The normalized spacial score (nSPS) is 16.6. The van der Waals surface area contributed by atoms with Gasteiger partial charge in [-0.1, -0.05) is 0 Å². The molecule has 3 heterocycles. The number of nitrogens with zero attached hydrogens (tertiary/aromatic N) is 1. The first-order valence-corrected chi connectivity index (χ1v) is 5.97. The quantitative estimate of drug-likeness (QED) is 0.812. The summed E-state index contributed by atoms with van der Waals surface area (Å²) >= 11 is 1.83. The van der Waals surface area contributed by atoms with E-state index >= 15 is 0 Å². The van der Waals surface area contributed by atoms with Crippen molar-refractivity contribution in [3.63, 3.8) is 0 Å². The van der Waals surface area contributed by atoms with E-state index in [4.69, 9.17) is 0 Å². The fourth-order valence-corrected chi connectivity index (χ4v) is 3.00. The third kappa shape index (κ3) is 1.50. The highest BCUT2D eigenvalue weighted by molar-refractivity contribution is 7.15. The topological polar surface area (TPSA) is 40.7 Å². The van der Waals surface area contributed by atoms with Gasteiger partial charge in [-0.15, -0.1) is 11.3 Å². The van der Waals surface area contributed by atoms with Gasteiger partial charge in [0.15, 0.2) is 0 Å². The van der Waals surface area contributed by atoms with E-state index in [2.05, 4.69) is 28.3 Å². The molecular weight excluding hydrogens is 206 g/mol. The molecule has 78 valence electrons. The van der Waals surface area contributed by atoms with Crippen LogP contribution in [-0.4, -0.2) is 23.1 Å². The summed E-state index contributed by atoms with van der Waals surface area (Å²) in [6.45, 7) is 4.32. The Hall–Kier alpha value is -1.13. The van der Waals surface area contributed by atoms with Crippen molar-refractivity contribution in [2.45, 2.75) is 12.8 Å². The molecule has 0 aliphatic carbocycles. The first-order valence-electron chi connectivity index (χ1n) is 5.16. The van der Waals surface area contributed by atoms with E-state index in [1.54, 1.807) is 0 Å². The van der Waals surface area contributed by atoms with Crippen LogP contribution in [0.5, 0.6) is 0 Å². The van der Waals surface area contributed by atoms with Gasteiger partial charge < -0.3 is 10.3 Å². The largest absolute Gasteiger partial charge is 0.367 e. The second kappa shape index (κ2) is 3.47. The Morgan fingerprint density at radius 1 is 1.47 bits per heavy atom. The number of aryl methyl sites for hydroxylation is 1. The number of hydrogen-bond acceptors (Lipinski definition) is 3. The van der Waals surface area contributed by atoms with E-state index in [1.807, 2.05) is 23.7 Å². The van der Waals surface area contributed by atoms with Crippen LogP contribution in [0.4, 0.5) is 0 Å². The van der Waals surface area contributed by atoms with Gasteiger partial charge in [-0.25, -0.2) is 4.98 Å². The smallest absolute Gasteiger partial charge is 0.125 e. The number of nitrogens with one attached hydrogen (secondary N) is 2. The molecule has 2 aromatic rings. The molecule has 0 unspecified atom stereocenters. The van der Waals surface area contributed by atoms with Crippen LogP contribution in [0.25, 0.3) is 10.6 Å². The Morgan fingerprint density at radius 3 is 2.93 bits per heavy atom. The molecule has 0 bridgehead atoms. The van der Waals surface area contributed by atoms with E-state index in [9.17, 15) is 0 Å². The molecule has 0 aromatic carbocycles. The molecule has 3 rings (SSSR count). The second-order valence-corrected chi connectivity index (χ2v) is 4.95. The fourth-order valence-electron chi connectivity index (χ4n) is 1.84. The van der Waals surface area contributed by atoms with Crippen LogP contribution in [0.2, 0.25) is 0 Å². The van der Waals surface area contributed by atoms with Crippen molar-refractivity contribution in [2.24, 2.45) is 0 Å². The SMILES string of the molecule is Cc1nc(-c2cc[nH]c2)sc1C1CNC1. The number of thiazole rings is 1. The van der Waals surface area contributed by atoms with E-state index in [1.165, 1.54) is 16.1 Å². The average molecular weight is 219 g/mol. The maximum atomic E-state index is 4.63. The molecule has 1 aliphatic heterocycles. The van der Waals surface area contributed by atoms with Crippen molar-refractivity contribution in [3.05, 3.63) is 29.0 Å². The Bertz CT molecular complexity index is 454. The Kier molecular flexibility index (Phi) is 2.11. The number of hydrogen-bond donors (Lipinski definition) is 2. The molecule has 15 heavy (non-hydrogen) atoms. The predicted molar refractivity (Wildman–Crippen MR) is 62.2 cm³/mol. The zero-order valence-electron chi connectivity index (χ0n) is 8.58. The Labute approximate surface area is 92.6 Å². The van der Waals surface area contributed by atoms with Crippen LogP contribution >= 0.6 is 11.3 Å². The van der Waals surface area contributed by atoms with Crippen LogP contribution in [0, 0.1) is 6.92 Å². The summed E-state index contributed by atoms with van der Waals surface area (Å²) in [4.78, 5) is 9.14. The highest BCUT2D eigenvalue weighted by atomic mass is 32.1. The summed E-state index contributed by atoms with van der Waals surface area (Å²) in [6.07, 6.45) is 3.94. The summed E-state index contributed by atoms with van der Waals surface area (Å²) in [5.41, 5.74) is 2.39. The molecule has 1 aliphatic rings. The average Bonchev–Trinajstić information content (AvgIpc) is 2.72. The molecule has 0 radical (unpaired) electrons. The van der Waals surface area contributed by atoms with Crippen LogP contribution < -0.4 is 5.32 Å². The first-order chi connectivity index (χ1) is 7.34. The highest BCUT2D eigenvalue weighted by Gasteiger charge is 2.24. The lowest BCUT2D eigenvalue weighted by molar-refractivity contribution is 0.452. The Morgan fingerprint density at radius 2 is 2.33 bits per heavy atom. The standard InChI is InChI=1S/C11H13N3S/c1-7-10(9-5-13-6-9)15-11(14-7)8-2-3-12-4-8/h2-4,9,12-13H,5-6H2,1H3. The summed E-state index contributed by atoms with van der Waals surface area (Å²) in [7, 11) is 0. The minimum atomic E-state index is 0.690. The van der Waals surface area contributed by atoms with Crippen LogP contribution in [-0.2, 0) is 0 Å². The lowest BCUT2D eigenvalue weighted by atomic mass is 10.0. The minimum Gasteiger partial charge on any atom is -0.367 e. The lowest BCUT2D eigenvalue weighted by Crippen LogP contribution is -2.39. The summed E-state index contributed by atoms with van der Waals surface area (Å²) < 4.78 is 0. The van der Waals surface area contributed by atoms with Gasteiger partial charge in [0.1, 0.15) is 5.01 Å². The molecular formula is C11H13N3S. The molecule has 0 atom stereocenters. The molecule has 0 amide bonds. The Balaban J connectivity index is 1.97. The monoisotopic (exact) mass is 219 g/mol. The van der Waals surface area contributed by atoms with E-state index in [-0.39, 0.29) is 0 Å². The maximum absolute atomic E-state index is 4.63. The van der Waals surface area contributed by atoms with Gasteiger partial charge in [0, 0.05) is 41.8 Å². The second-order valence-electron chi connectivity index (χ2n) is 3.92. The van der Waals surface area contributed by atoms with Crippen molar-refractivity contribution in [2.75, 3.05) is 13.1 Å². The summed E-state index contributed by atoms with van der Waals surface area (Å²) in [5.74, 6) is 0.690. The molecule has 3 nitrogen and oxygen atoms in total. The molecule has 4 heteroatoms. The van der Waals surface area contributed by atoms with Gasteiger partial charge in [0.2, 0.25) is 0 Å². The predicted octanol–water partition coefficient (Wildman–Crippen LogP) is 2.13. The van der Waals surface area contributed by atoms with Crippen LogP contribution in [0.3, 0.4) is 0 Å². The van der Waals surface area contributed by atoms with Crippen LogP contribution in [0.15, 0.2) is 18.5 Å². The van der Waals surface area contributed by atoms with E-state index in [0.29, 0.717) is 5.92 Å². The van der Waals surface area contributed by atoms with Crippen LogP contribution in [0.1, 0.15) is 16.5 Å². The summed E-state index contributed by atoms with van der Waals surface area (Å²) in [5, 5.41) is 4.44. The van der Waals surface area contributed by atoms with Gasteiger partial charge in [-0.3, -0.25) is 0 Å². The highest BCUT2D eigenvalue weighted by Crippen LogP contribution is 2.33. The molecule has 2 aromatic heterocycles. The number of aromatic amines is 1. The third-order valence-corrected chi connectivity index (χ3v) is 4.20. The van der Waals surface area contributed by atoms with Gasteiger partial charge in [-0.05, 0) is 13.0 Å². The lowest BCUT2D eigenvalue weighted by Gasteiger charge is -2.26. The number of aromatic nitrogens is 2. The minimum absolute atomic E-state index is 0.690. The molecule has 1 saturated heterocycles. The molecule has 0 spiro atoms. The maximum Gasteiger partial charge on any atom is 0.125 e. The van der Waals surface area contributed by atoms with Gasteiger partial charge in [-0.2, -0.15) is 0 Å². The van der Waals surface area contributed by atoms with Gasteiger partial charge in [0.05, 0.1) is 5.69 Å². The van der Waals surface area contributed by atoms with Crippen molar-refractivity contribution in [1.82, 2.24) is 15.3 Å².